The maximum absolute atomic E-state index is 13.9. The number of fused-ring (bicyclic) bond motifs is 17. The van der Waals surface area contributed by atoms with Crippen LogP contribution < -0.4 is 33.2 Å². The molecule has 0 aliphatic carbocycles. The number of nitrogens with zero attached hydrogens (tertiary/aromatic N) is 11. The predicted molar refractivity (Wildman–Crippen MR) is 504 cm³/mol. The van der Waals surface area contributed by atoms with Gasteiger partial charge in [0.2, 0.25) is 0 Å². The Morgan fingerprint density at radius 1 is 0.561 bits per heavy atom. The molecule has 132 heavy (non-hydrogen) atoms. The zero-order chi connectivity index (χ0) is 91.9. The molecule has 9 aliphatic heterocycles. The molecule has 22 rings (SSSR count). The lowest BCUT2D eigenvalue weighted by atomic mass is 9.81. The molecule has 2 N–H and O–H groups in total. The average molecular weight is 1830 g/mol. The second-order valence-electron chi connectivity index (χ2n) is 36.7. The molecule has 5 aromatic heterocycles. The summed E-state index contributed by atoms with van der Waals surface area (Å²) >= 11 is 7.86. The molecular formula is C104H111ClFN11O14S. The molecule has 4 spiro atoms. The van der Waals surface area contributed by atoms with Crippen LogP contribution in [0.1, 0.15) is 180 Å². The van der Waals surface area contributed by atoms with Crippen LogP contribution >= 0.6 is 22.9 Å². The number of likely N-dealkylation sites (tertiary alicyclic amines) is 4. The summed E-state index contributed by atoms with van der Waals surface area (Å²) in [4.78, 5) is 65.2. The SMILES string of the molecule is COc1cc(C(=O)N2CCC3(CC2)Oc2cc(Cl)ccc2-n2cccc23)ccc1C(C)CO.COc1cc(C(=O)N2CCC3(CC2)Oc2cc(F)ccc2-n2cccc23)ccc1C(O)C1COC1.Cc1cc(C(=O)N2CCC3(CC2)Oc2ccccc2-c2c3cnn2C)ccc1OC(C)(C)C.Cc1nc2ccc(C(=O)N3CCC4(CC3)Oc3ccccc3-c3nn(C)cc34)cc2s1.[HH].[HH]. The number of amides is 4. The molecule has 0 bridgehead atoms. The molecule has 25 nitrogen and oxygen atoms in total. The number of carbonyl (C=O) groups excluding carboxylic acids is 4. The summed E-state index contributed by atoms with van der Waals surface area (Å²) in [5, 5.41) is 31.0. The lowest BCUT2D eigenvalue weighted by Gasteiger charge is -2.45. The van der Waals surface area contributed by atoms with Crippen molar-refractivity contribution in [2.24, 2.45) is 20.0 Å². The summed E-state index contributed by atoms with van der Waals surface area (Å²) in [5.41, 5.74) is 14.1. The third-order valence-electron chi connectivity index (χ3n) is 27.3. The molecule has 5 fully saturated rings. The molecule has 28 heteroatoms. The van der Waals surface area contributed by atoms with Crippen molar-refractivity contribution in [3.63, 3.8) is 0 Å². The van der Waals surface area contributed by atoms with Gasteiger partial charge < -0.3 is 76.8 Å². The number of carbonyl (C=O) groups is 4. The van der Waals surface area contributed by atoms with Gasteiger partial charge in [0.1, 0.15) is 68.6 Å². The van der Waals surface area contributed by atoms with Gasteiger partial charge in [-0.1, -0.05) is 54.9 Å². The Balaban J connectivity index is 0.000000124. The second-order valence-corrected chi connectivity index (χ2v) is 38.4. The third-order valence-corrected chi connectivity index (χ3v) is 28.4. The van der Waals surface area contributed by atoms with Crippen LogP contribution in [0.15, 0.2) is 207 Å². The number of aryl methyl sites for hydroxylation is 4. The van der Waals surface area contributed by atoms with Gasteiger partial charge in [-0.3, -0.25) is 28.5 Å². The number of hydrogen-bond donors (Lipinski definition) is 2. The largest absolute Gasteiger partial charge is 0.496 e. The standard InChI is InChI=1S/C27H27FN2O5.C27H31N3O3.C26H27ClN2O4.C24H22N4O2S.2H2/c1-33-22-13-17(4-6-20(22)25(31)18-15-34-16-18)26(32)29-11-8-27(9-12-29)24-3-2-10-30(24)21-7-5-19(28)14-23(21)35-27;1-18-16-19(10-11-22(18)32-26(2,3)4)25(31)30-14-12-27(13-15-30)21-17-28-29(5)24(21)20-8-6-7-9-23(20)33-27;1-17(16-30)20-7-5-18(14-22(20)32-2)25(31)28-12-9-26(10-13-28)24-4-3-11-29(24)21-8-6-19(27)15-23(21)33-26;1-15-25-19-8-7-16(13-21(19)31-15)23(29)28-11-9-24(10-12-28)18-14-27(2)26-22(18)17-5-3-4-6-20(17)30-24;;/h2-7,10,13-14,18,25,31H,8-9,11-12,15-16H2,1H3;6-11,16-17H,12-15H2,1-5H3;3-8,11,14-15,17,30H,9-10,12-13,16H2,1-2H3;3-8,13-14H,9-12H2,1-2H3;2*1H. The molecule has 8 aromatic carbocycles. The van der Waals surface area contributed by atoms with Crippen LogP contribution in [0.25, 0.3) is 44.1 Å². The van der Waals surface area contributed by atoms with Crippen LogP contribution in [0.5, 0.6) is 40.2 Å². The van der Waals surface area contributed by atoms with E-state index in [1.807, 2.05) is 225 Å². The first kappa shape index (κ1) is 88.5. The Kier molecular flexibility index (Phi) is 23.7. The number of piperidine rings is 4. The zero-order valence-corrected chi connectivity index (χ0v) is 77.2. The molecule has 2 unspecified atom stereocenters. The Hall–Kier alpha value is -12.8. The number of aliphatic hydroxyl groups is 2. The van der Waals surface area contributed by atoms with Crippen LogP contribution in [-0.2, 0) is 41.2 Å². The Morgan fingerprint density at radius 3 is 1.59 bits per heavy atom. The van der Waals surface area contributed by atoms with Gasteiger partial charge in [-0.15, -0.1) is 11.3 Å². The van der Waals surface area contributed by atoms with E-state index in [1.165, 1.54) is 19.2 Å². The number of aromatic nitrogens is 7. The quantitative estimate of drug-likeness (QED) is 0.122. The average Bonchev–Trinajstić information content (AvgIpc) is 1.50. The lowest BCUT2D eigenvalue weighted by Crippen LogP contribution is -2.50. The highest BCUT2D eigenvalue weighted by Crippen LogP contribution is 2.54. The molecule has 2 atom stereocenters. The van der Waals surface area contributed by atoms with Gasteiger partial charge in [-0.05, 0) is 179 Å². The van der Waals surface area contributed by atoms with Gasteiger partial charge in [0, 0.05) is 225 Å². The van der Waals surface area contributed by atoms with E-state index in [0.717, 1.165) is 137 Å². The summed E-state index contributed by atoms with van der Waals surface area (Å²) in [5.74, 6) is 4.63. The normalized spacial score (nSPS) is 17.5. The van der Waals surface area contributed by atoms with Crippen LogP contribution in [0.3, 0.4) is 0 Å². The Morgan fingerprint density at radius 2 is 1.05 bits per heavy atom. The number of methoxy groups -OCH3 is 2. The zero-order valence-electron chi connectivity index (χ0n) is 75.7. The number of para-hydroxylation sites is 2. The molecule has 0 saturated carbocycles. The summed E-state index contributed by atoms with van der Waals surface area (Å²) in [6.07, 6.45) is 12.8. The van der Waals surface area contributed by atoms with Crippen molar-refractivity contribution in [2.75, 3.05) is 86.4 Å². The summed E-state index contributed by atoms with van der Waals surface area (Å²) < 4.78 is 71.4. The maximum Gasteiger partial charge on any atom is 0.253 e. The monoisotopic (exact) mass is 1820 g/mol. The summed E-state index contributed by atoms with van der Waals surface area (Å²) in [7, 11) is 7.05. The van der Waals surface area contributed by atoms with Gasteiger partial charge in [-0.2, -0.15) is 10.2 Å². The first-order chi connectivity index (χ1) is 63.6. The summed E-state index contributed by atoms with van der Waals surface area (Å²) in [6, 6.07) is 56.8. The minimum absolute atomic E-state index is 0. The van der Waals surface area contributed by atoms with E-state index in [0.29, 0.717) is 136 Å². The highest BCUT2D eigenvalue weighted by Gasteiger charge is 2.51. The minimum Gasteiger partial charge on any atom is -0.496 e. The Labute approximate surface area is 777 Å². The van der Waals surface area contributed by atoms with E-state index < -0.39 is 28.5 Å². The number of halogens is 2. The van der Waals surface area contributed by atoms with Gasteiger partial charge in [-0.25, -0.2) is 9.37 Å². The minimum atomic E-state index is -0.690. The second kappa shape index (κ2) is 35.4. The lowest BCUT2D eigenvalue weighted by molar-refractivity contribution is -0.0928. The molecular weight excluding hydrogens is 1710 g/mol. The first-order valence-corrected chi connectivity index (χ1v) is 46.4. The fourth-order valence-corrected chi connectivity index (χ4v) is 21.2. The number of rotatable bonds is 11. The van der Waals surface area contributed by atoms with E-state index in [9.17, 15) is 33.8 Å². The number of benzene rings is 8. The number of aliphatic hydroxyl groups excluding tert-OH is 2. The van der Waals surface area contributed by atoms with Crippen molar-refractivity contribution >= 4 is 56.8 Å². The van der Waals surface area contributed by atoms with E-state index in [1.54, 1.807) is 48.8 Å². The number of thiazole rings is 1. The van der Waals surface area contributed by atoms with E-state index in [4.69, 9.17) is 54.6 Å². The highest BCUT2D eigenvalue weighted by atomic mass is 35.5. The third kappa shape index (κ3) is 16.6. The fraction of sp³-hybridized carbons (Fsp3) is 0.356. The maximum atomic E-state index is 13.9. The van der Waals surface area contributed by atoms with Crippen molar-refractivity contribution in [2.45, 2.75) is 133 Å². The fourth-order valence-electron chi connectivity index (χ4n) is 20.1. The molecule has 0 radical (unpaired) electrons. The Bertz CT molecular complexity index is 6600. The molecule has 686 valence electrons. The van der Waals surface area contributed by atoms with E-state index in [2.05, 4.69) is 43.6 Å². The van der Waals surface area contributed by atoms with Crippen LogP contribution in [0, 0.1) is 25.6 Å². The molecule has 5 saturated heterocycles. The predicted octanol–water partition coefficient (Wildman–Crippen LogP) is 18.7. The first-order valence-electron chi connectivity index (χ1n) is 45.2. The van der Waals surface area contributed by atoms with E-state index >= 15 is 0 Å². The molecule has 14 heterocycles. The molecule has 13 aromatic rings. The smallest absolute Gasteiger partial charge is 0.253 e. The van der Waals surface area contributed by atoms with Crippen LogP contribution in [-0.4, -0.2) is 179 Å². The van der Waals surface area contributed by atoms with Crippen molar-refractivity contribution in [1.29, 1.82) is 0 Å². The number of hydrogen-bond acceptors (Lipinski definition) is 18. The van der Waals surface area contributed by atoms with Gasteiger partial charge in [0.05, 0.1) is 83.4 Å². The van der Waals surface area contributed by atoms with Crippen molar-refractivity contribution in [3.05, 3.63) is 284 Å². The van der Waals surface area contributed by atoms with Crippen molar-refractivity contribution in [1.82, 2.24) is 53.3 Å². The number of ether oxygens (including phenoxy) is 8. The van der Waals surface area contributed by atoms with Gasteiger partial charge >= 0.3 is 0 Å². The highest BCUT2D eigenvalue weighted by molar-refractivity contribution is 7.18. The van der Waals surface area contributed by atoms with Crippen molar-refractivity contribution < 1.29 is 74.5 Å². The van der Waals surface area contributed by atoms with Gasteiger partial charge in [0.25, 0.3) is 23.6 Å². The van der Waals surface area contributed by atoms with Gasteiger partial charge in [0.15, 0.2) is 11.2 Å². The van der Waals surface area contributed by atoms with Crippen LogP contribution in [0.4, 0.5) is 4.39 Å². The molecule has 4 amide bonds. The van der Waals surface area contributed by atoms with E-state index in [-0.39, 0.29) is 56.3 Å². The topological polar surface area (TPSA) is 254 Å². The summed E-state index contributed by atoms with van der Waals surface area (Å²) in [6.45, 7) is 17.8. The van der Waals surface area contributed by atoms with Crippen molar-refractivity contribution in [3.8, 4) is 74.1 Å². The van der Waals surface area contributed by atoms with Crippen LogP contribution in [0.2, 0.25) is 5.02 Å². The molecule has 9 aliphatic rings.